The Bertz CT molecular complexity index is 648. The first-order valence-corrected chi connectivity index (χ1v) is 7.48. The third-order valence-electron chi connectivity index (χ3n) is 3.51. The molecule has 0 radical (unpaired) electrons. The fourth-order valence-electron chi connectivity index (χ4n) is 2.25. The lowest BCUT2D eigenvalue weighted by Crippen LogP contribution is -2.02. The lowest BCUT2D eigenvalue weighted by molar-refractivity contribution is 0.170. The Balaban J connectivity index is 1.86. The summed E-state index contributed by atoms with van der Waals surface area (Å²) in [5.74, 6) is 1.77. The highest BCUT2D eigenvalue weighted by molar-refractivity contribution is 7.11. The summed E-state index contributed by atoms with van der Waals surface area (Å²) in [5, 5.41) is 11.4. The van der Waals surface area contributed by atoms with E-state index in [0.29, 0.717) is 23.7 Å². The predicted octanol–water partition coefficient (Wildman–Crippen LogP) is 2.77. The van der Waals surface area contributed by atoms with E-state index in [1.807, 2.05) is 13.8 Å². The van der Waals surface area contributed by atoms with E-state index in [4.69, 9.17) is 14.2 Å². The van der Waals surface area contributed by atoms with E-state index in [-0.39, 0.29) is 6.79 Å². The van der Waals surface area contributed by atoms with Gasteiger partial charge in [-0.1, -0.05) is 0 Å². The molecule has 0 aliphatic carbocycles. The molecule has 1 N–H and O–H groups in total. The van der Waals surface area contributed by atoms with Crippen LogP contribution >= 0.6 is 11.3 Å². The SMILES string of the molecule is COc1cc(C(O)Cc2nc(C)c(C)s2)cc2c1OCO2. The van der Waals surface area contributed by atoms with E-state index >= 15 is 0 Å². The van der Waals surface area contributed by atoms with Gasteiger partial charge in [0, 0.05) is 11.3 Å². The molecule has 1 aromatic heterocycles. The predicted molar refractivity (Wildman–Crippen MR) is 79.4 cm³/mol. The van der Waals surface area contributed by atoms with Gasteiger partial charge in [0.1, 0.15) is 0 Å². The first-order valence-electron chi connectivity index (χ1n) is 6.67. The van der Waals surface area contributed by atoms with Gasteiger partial charge in [0.05, 0.1) is 23.9 Å². The molecule has 2 aromatic rings. The monoisotopic (exact) mass is 307 g/mol. The third-order valence-corrected chi connectivity index (χ3v) is 4.60. The van der Waals surface area contributed by atoms with Crippen molar-refractivity contribution in [3.8, 4) is 17.2 Å². The van der Waals surface area contributed by atoms with Gasteiger partial charge in [0.15, 0.2) is 11.5 Å². The minimum absolute atomic E-state index is 0.177. The van der Waals surface area contributed by atoms with Crippen LogP contribution in [0.4, 0.5) is 0 Å². The second-order valence-corrected chi connectivity index (χ2v) is 6.21. The molecule has 0 saturated heterocycles. The van der Waals surface area contributed by atoms with Crippen molar-refractivity contribution in [1.29, 1.82) is 0 Å². The van der Waals surface area contributed by atoms with Gasteiger partial charge < -0.3 is 19.3 Å². The zero-order valence-corrected chi connectivity index (χ0v) is 13.0. The summed E-state index contributed by atoms with van der Waals surface area (Å²) < 4.78 is 16.0. The van der Waals surface area contributed by atoms with Crippen LogP contribution in [0, 0.1) is 13.8 Å². The molecule has 1 aromatic carbocycles. The average molecular weight is 307 g/mol. The van der Waals surface area contributed by atoms with Crippen LogP contribution in [0.25, 0.3) is 0 Å². The number of hydrogen-bond donors (Lipinski definition) is 1. The Morgan fingerprint density at radius 1 is 1.38 bits per heavy atom. The molecule has 1 atom stereocenters. The number of benzene rings is 1. The van der Waals surface area contributed by atoms with Gasteiger partial charge in [-0.05, 0) is 31.5 Å². The number of aliphatic hydroxyl groups is 1. The van der Waals surface area contributed by atoms with Crippen LogP contribution in [0.5, 0.6) is 17.2 Å². The number of aryl methyl sites for hydroxylation is 2. The smallest absolute Gasteiger partial charge is 0.231 e. The normalized spacial score (nSPS) is 14.3. The van der Waals surface area contributed by atoms with Crippen LogP contribution in [0.3, 0.4) is 0 Å². The highest BCUT2D eigenvalue weighted by atomic mass is 32.1. The second kappa shape index (κ2) is 5.54. The molecule has 21 heavy (non-hydrogen) atoms. The summed E-state index contributed by atoms with van der Waals surface area (Å²) in [6.07, 6.45) is -0.180. The van der Waals surface area contributed by atoms with Crippen LogP contribution in [0.1, 0.15) is 27.2 Å². The Kier molecular flexibility index (Phi) is 3.73. The molecule has 0 bridgehead atoms. The van der Waals surface area contributed by atoms with E-state index in [9.17, 15) is 5.11 Å². The lowest BCUT2D eigenvalue weighted by Gasteiger charge is -2.12. The molecule has 2 heterocycles. The van der Waals surface area contributed by atoms with Gasteiger partial charge in [-0.2, -0.15) is 0 Å². The van der Waals surface area contributed by atoms with Crippen LogP contribution in [0.15, 0.2) is 12.1 Å². The maximum Gasteiger partial charge on any atom is 0.231 e. The molecule has 5 nitrogen and oxygen atoms in total. The molecule has 1 unspecified atom stereocenters. The van der Waals surface area contributed by atoms with Crippen molar-refractivity contribution < 1.29 is 19.3 Å². The number of aliphatic hydroxyl groups excluding tert-OH is 1. The van der Waals surface area contributed by atoms with Crippen molar-refractivity contribution in [2.75, 3.05) is 13.9 Å². The molecule has 3 rings (SSSR count). The summed E-state index contributed by atoms with van der Waals surface area (Å²) in [7, 11) is 1.57. The maximum atomic E-state index is 10.4. The molecule has 0 amide bonds. The summed E-state index contributed by atoms with van der Waals surface area (Å²) in [4.78, 5) is 5.64. The Morgan fingerprint density at radius 3 is 2.86 bits per heavy atom. The molecule has 0 spiro atoms. The Labute approximate surface area is 127 Å². The number of fused-ring (bicyclic) bond motifs is 1. The lowest BCUT2D eigenvalue weighted by atomic mass is 10.1. The second-order valence-electron chi connectivity index (χ2n) is 4.93. The topological polar surface area (TPSA) is 60.8 Å². The van der Waals surface area contributed by atoms with E-state index < -0.39 is 6.10 Å². The zero-order chi connectivity index (χ0) is 15.0. The number of nitrogens with zero attached hydrogens (tertiary/aromatic N) is 1. The molecular formula is C15H17NO4S. The van der Waals surface area contributed by atoms with Crippen molar-refractivity contribution >= 4 is 11.3 Å². The first-order chi connectivity index (χ1) is 10.1. The fourth-order valence-corrected chi connectivity index (χ4v) is 3.22. The number of ether oxygens (including phenoxy) is 3. The largest absolute Gasteiger partial charge is 0.493 e. The molecule has 112 valence electrons. The van der Waals surface area contributed by atoms with Crippen molar-refractivity contribution in [1.82, 2.24) is 4.98 Å². The summed E-state index contributed by atoms with van der Waals surface area (Å²) in [6, 6.07) is 3.58. The highest BCUT2D eigenvalue weighted by Gasteiger charge is 2.23. The van der Waals surface area contributed by atoms with Crippen molar-refractivity contribution in [2.24, 2.45) is 0 Å². The molecule has 1 aliphatic rings. The first kappa shape index (κ1) is 14.2. The standard InChI is InChI=1S/C15H17NO4S/c1-8-9(2)21-14(16-8)6-11(17)10-4-12(18-3)15-13(5-10)19-7-20-15/h4-5,11,17H,6-7H2,1-3H3. The van der Waals surface area contributed by atoms with Gasteiger partial charge >= 0.3 is 0 Å². The van der Waals surface area contributed by atoms with E-state index in [1.54, 1.807) is 30.6 Å². The fraction of sp³-hybridized carbons (Fsp3) is 0.400. The van der Waals surface area contributed by atoms with Gasteiger partial charge in [-0.3, -0.25) is 0 Å². The number of hydrogen-bond acceptors (Lipinski definition) is 6. The minimum Gasteiger partial charge on any atom is -0.493 e. The number of aromatic nitrogens is 1. The van der Waals surface area contributed by atoms with Crippen LogP contribution in [-0.2, 0) is 6.42 Å². The number of methoxy groups -OCH3 is 1. The molecule has 0 fully saturated rings. The number of rotatable bonds is 4. The third kappa shape index (κ3) is 2.69. The zero-order valence-electron chi connectivity index (χ0n) is 12.2. The van der Waals surface area contributed by atoms with E-state index in [1.165, 1.54) is 4.88 Å². The van der Waals surface area contributed by atoms with Gasteiger partial charge in [0.25, 0.3) is 0 Å². The summed E-state index contributed by atoms with van der Waals surface area (Å²) in [5.41, 5.74) is 1.76. The van der Waals surface area contributed by atoms with E-state index in [0.717, 1.165) is 16.3 Å². The molecule has 6 heteroatoms. The van der Waals surface area contributed by atoms with Crippen molar-refractivity contribution in [2.45, 2.75) is 26.4 Å². The minimum atomic E-state index is -0.654. The van der Waals surface area contributed by atoms with Crippen LogP contribution < -0.4 is 14.2 Å². The summed E-state index contributed by atoms with van der Waals surface area (Å²) in [6.45, 7) is 4.19. The highest BCUT2D eigenvalue weighted by Crippen LogP contribution is 2.43. The van der Waals surface area contributed by atoms with Crippen LogP contribution in [-0.4, -0.2) is 24.0 Å². The average Bonchev–Trinajstić information content (AvgIpc) is 3.04. The van der Waals surface area contributed by atoms with Crippen molar-refractivity contribution in [3.63, 3.8) is 0 Å². The van der Waals surface area contributed by atoms with Gasteiger partial charge in [-0.15, -0.1) is 11.3 Å². The summed E-state index contributed by atoms with van der Waals surface area (Å²) >= 11 is 1.61. The molecular weight excluding hydrogens is 290 g/mol. The number of thiazole rings is 1. The van der Waals surface area contributed by atoms with Gasteiger partial charge in [-0.25, -0.2) is 4.98 Å². The van der Waals surface area contributed by atoms with E-state index in [2.05, 4.69) is 4.98 Å². The van der Waals surface area contributed by atoms with Crippen molar-refractivity contribution in [3.05, 3.63) is 33.3 Å². The Morgan fingerprint density at radius 2 is 2.19 bits per heavy atom. The van der Waals surface area contributed by atoms with Gasteiger partial charge in [0.2, 0.25) is 12.5 Å². The molecule has 1 aliphatic heterocycles. The van der Waals surface area contributed by atoms with Crippen LogP contribution in [0.2, 0.25) is 0 Å². The molecule has 0 saturated carbocycles. The Hall–Kier alpha value is -1.79. The quantitative estimate of drug-likeness (QED) is 0.941. The maximum absolute atomic E-state index is 10.4.